The first-order valence-electron chi connectivity index (χ1n) is 11.0. The Morgan fingerprint density at radius 1 is 1.16 bits per heavy atom. The number of benzene rings is 2. The Kier molecular flexibility index (Phi) is 7.85. The van der Waals surface area contributed by atoms with Crippen LogP contribution in [0.15, 0.2) is 54.6 Å². The topological polar surface area (TPSA) is 71.9 Å². The number of hydrogen-bond acceptors (Lipinski definition) is 4. The zero-order valence-electron chi connectivity index (χ0n) is 19.2. The van der Waals surface area contributed by atoms with Gasteiger partial charge < -0.3 is 10.1 Å². The lowest BCUT2D eigenvalue weighted by Crippen LogP contribution is -2.31. The molecule has 0 radical (unpaired) electrons. The average Bonchev–Trinajstić information content (AvgIpc) is 3.12. The fraction of sp³-hybridized carbons (Fsp3) is 0.400. The van der Waals surface area contributed by atoms with Crippen LogP contribution in [0.4, 0.5) is 0 Å². The summed E-state index contributed by atoms with van der Waals surface area (Å²) >= 11 is 5.42. The van der Waals surface area contributed by atoms with Crippen LogP contribution in [0.1, 0.15) is 52.1 Å². The second-order valence-electron chi connectivity index (χ2n) is 9.01. The van der Waals surface area contributed by atoms with Crippen LogP contribution in [0.2, 0.25) is 0 Å². The van der Waals surface area contributed by atoms with Gasteiger partial charge in [-0.3, -0.25) is 14.5 Å². The summed E-state index contributed by atoms with van der Waals surface area (Å²) in [6.45, 7) is 9.57. The molecular weight excluding hydrogens is 420 g/mol. The van der Waals surface area contributed by atoms with Crippen LogP contribution in [0.25, 0.3) is 11.4 Å². The monoisotopic (exact) mass is 452 g/mol. The molecule has 1 aromatic heterocycles. The van der Waals surface area contributed by atoms with Gasteiger partial charge in [-0.05, 0) is 60.8 Å². The lowest BCUT2D eigenvalue weighted by atomic mass is 9.85. The largest absolute Gasteiger partial charge is 0.494 e. The molecule has 1 amide bonds. The Morgan fingerprint density at radius 3 is 2.47 bits per heavy atom. The number of H-pyrrole nitrogens is 1. The van der Waals surface area contributed by atoms with E-state index in [1.165, 1.54) is 0 Å². The van der Waals surface area contributed by atoms with E-state index >= 15 is 0 Å². The van der Waals surface area contributed by atoms with Gasteiger partial charge in [-0.15, -0.1) is 0 Å². The molecule has 1 heterocycles. The summed E-state index contributed by atoms with van der Waals surface area (Å²) in [6.07, 6.45) is 1.16. The fourth-order valence-electron chi connectivity index (χ4n) is 3.64. The molecule has 0 spiro atoms. The van der Waals surface area contributed by atoms with Gasteiger partial charge in [0.05, 0.1) is 12.6 Å². The van der Waals surface area contributed by atoms with Gasteiger partial charge >= 0.3 is 0 Å². The standard InChI is InChI=1S/C25H32N4O2S/c1-5-31-20-13-11-19(12-14-20)23-27-28-24(32)29(23)16-15-22(30)26-21(17-25(2,3)4)18-9-7-6-8-10-18/h6-14,21H,5,15-17H2,1-4H3,(H,26,30)(H,28,32). The molecule has 6 nitrogen and oxygen atoms in total. The lowest BCUT2D eigenvalue weighted by molar-refractivity contribution is -0.122. The van der Waals surface area contributed by atoms with Crippen LogP contribution in [-0.2, 0) is 11.3 Å². The number of hydrogen-bond donors (Lipinski definition) is 2. The van der Waals surface area contributed by atoms with E-state index < -0.39 is 0 Å². The fourth-order valence-corrected chi connectivity index (χ4v) is 3.87. The Morgan fingerprint density at radius 2 is 1.84 bits per heavy atom. The molecule has 1 unspecified atom stereocenters. The van der Waals surface area contributed by atoms with Gasteiger partial charge in [0.1, 0.15) is 5.75 Å². The summed E-state index contributed by atoms with van der Waals surface area (Å²) in [5, 5.41) is 10.4. The summed E-state index contributed by atoms with van der Waals surface area (Å²) in [5.41, 5.74) is 2.11. The van der Waals surface area contributed by atoms with Crippen molar-refractivity contribution >= 4 is 18.1 Å². The van der Waals surface area contributed by atoms with E-state index in [1.54, 1.807) is 0 Å². The van der Waals surface area contributed by atoms with E-state index in [0.717, 1.165) is 23.3 Å². The number of aromatic nitrogens is 3. The molecule has 3 rings (SSSR count). The lowest BCUT2D eigenvalue weighted by Gasteiger charge is -2.27. The highest BCUT2D eigenvalue weighted by atomic mass is 32.1. The molecule has 1 atom stereocenters. The Balaban J connectivity index is 1.70. The number of amides is 1. The normalized spacial score (nSPS) is 12.4. The molecule has 170 valence electrons. The molecule has 32 heavy (non-hydrogen) atoms. The first-order chi connectivity index (χ1) is 15.3. The van der Waals surface area contributed by atoms with E-state index in [1.807, 2.05) is 54.0 Å². The number of nitrogens with one attached hydrogen (secondary N) is 2. The first-order valence-corrected chi connectivity index (χ1v) is 11.4. The maximum atomic E-state index is 12.9. The van der Waals surface area contributed by atoms with E-state index in [-0.39, 0.29) is 17.4 Å². The molecule has 0 saturated heterocycles. The predicted molar refractivity (Wildman–Crippen MR) is 130 cm³/mol. The van der Waals surface area contributed by atoms with E-state index in [0.29, 0.717) is 30.2 Å². The van der Waals surface area contributed by atoms with Crippen LogP contribution in [0.3, 0.4) is 0 Å². The average molecular weight is 453 g/mol. The molecule has 2 aromatic carbocycles. The van der Waals surface area contributed by atoms with Crippen molar-refractivity contribution < 1.29 is 9.53 Å². The number of carbonyl (C=O) groups is 1. The third kappa shape index (κ3) is 6.53. The maximum Gasteiger partial charge on any atom is 0.222 e. The Bertz CT molecular complexity index is 1070. The van der Waals surface area contributed by atoms with Gasteiger partial charge in [-0.25, -0.2) is 0 Å². The highest BCUT2D eigenvalue weighted by Crippen LogP contribution is 2.29. The third-order valence-corrected chi connectivity index (χ3v) is 5.41. The van der Waals surface area contributed by atoms with Crippen LogP contribution < -0.4 is 10.1 Å². The molecule has 0 aliphatic heterocycles. The molecule has 3 aromatic rings. The summed E-state index contributed by atoms with van der Waals surface area (Å²) < 4.78 is 7.87. The van der Waals surface area contributed by atoms with Crippen LogP contribution in [-0.4, -0.2) is 27.3 Å². The summed E-state index contributed by atoms with van der Waals surface area (Å²) in [6, 6.07) is 17.8. The van der Waals surface area contributed by atoms with Crippen molar-refractivity contribution in [1.29, 1.82) is 0 Å². The van der Waals surface area contributed by atoms with Gasteiger partial charge in [-0.1, -0.05) is 51.1 Å². The second-order valence-corrected chi connectivity index (χ2v) is 9.39. The van der Waals surface area contributed by atoms with Crippen molar-refractivity contribution in [1.82, 2.24) is 20.1 Å². The number of carbonyl (C=O) groups excluding carboxylic acids is 1. The minimum atomic E-state index is -0.0356. The highest BCUT2D eigenvalue weighted by molar-refractivity contribution is 7.71. The van der Waals surface area contributed by atoms with Crippen molar-refractivity contribution in [2.45, 2.75) is 53.1 Å². The highest BCUT2D eigenvalue weighted by Gasteiger charge is 2.22. The minimum absolute atomic E-state index is 0.0103. The molecule has 0 fully saturated rings. The number of nitrogens with zero attached hydrogens (tertiary/aromatic N) is 2. The van der Waals surface area contributed by atoms with E-state index in [9.17, 15) is 4.79 Å². The molecular formula is C25H32N4O2S. The van der Waals surface area contributed by atoms with Crippen LogP contribution in [0, 0.1) is 10.2 Å². The van der Waals surface area contributed by atoms with Crippen molar-refractivity contribution in [2.24, 2.45) is 5.41 Å². The number of rotatable bonds is 9. The third-order valence-electron chi connectivity index (χ3n) is 5.10. The zero-order chi connectivity index (χ0) is 23.1. The number of ether oxygens (including phenoxy) is 1. The minimum Gasteiger partial charge on any atom is -0.494 e. The Labute approximate surface area is 195 Å². The van der Waals surface area contributed by atoms with Crippen molar-refractivity contribution in [3.63, 3.8) is 0 Å². The SMILES string of the molecule is CCOc1ccc(-c2n[nH]c(=S)n2CCC(=O)NC(CC(C)(C)C)c2ccccc2)cc1. The molecule has 0 aliphatic rings. The molecule has 0 aliphatic carbocycles. The summed E-state index contributed by atoms with van der Waals surface area (Å²) in [7, 11) is 0. The zero-order valence-corrected chi connectivity index (χ0v) is 20.0. The van der Waals surface area contributed by atoms with Gasteiger partial charge in [0.25, 0.3) is 0 Å². The molecule has 0 bridgehead atoms. The van der Waals surface area contributed by atoms with Gasteiger partial charge in [0, 0.05) is 18.5 Å². The summed E-state index contributed by atoms with van der Waals surface area (Å²) in [4.78, 5) is 12.9. The maximum absolute atomic E-state index is 12.9. The quantitative estimate of drug-likeness (QED) is 0.409. The van der Waals surface area contributed by atoms with E-state index in [4.69, 9.17) is 17.0 Å². The van der Waals surface area contributed by atoms with Gasteiger partial charge in [-0.2, -0.15) is 5.10 Å². The predicted octanol–water partition coefficient (Wildman–Crippen LogP) is 5.69. The van der Waals surface area contributed by atoms with Crippen molar-refractivity contribution in [3.8, 4) is 17.1 Å². The van der Waals surface area contributed by atoms with E-state index in [2.05, 4.69) is 48.4 Å². The van der Waals surface area contributed by atoms with Crippen molar-refractivity contribution in [2.75, 3.05) is 6.61 Å². The van der Waals surface area contributed by atoms with Gasteiger partial charge in [0.15, 0.2) is 10.6 Å². The van der Waals surface area contributed by atoms with Crippen molar-refractivity contribution in [3.05, 3.63) is 64.9 Å². The molecule has 0 saturated carbocycles. The summed E-state index contributed by atoms with van der Waals surface area (Å²) in [5.74, 6) is 1.51. The van der Waals surface area contributed by atoms with Crippen LogP contribution in [0.5, 0.6) is 5.75 Å². The number of aromatic amines is 1. The van der Waals surface area contributed by atoms with Crippen LogP contribution >= 0.6 is 12.2 Å². The molecule has 7 heteroatoms. The van der Waals surface area contributed by atoms with Gasteiger partial charge in [0.2, 0.25) is 5.91 Å². The first kappa shape index (κ1) is 23.7. The molecule has 2 N–H and O–H groups in total. The smallest absolute Gasteiger partial charge is 0.222 e. The Hall–Kier alpha value is -2.93. The second kappa shape index (κ2) is 10.6.